The lowest BCUT2D eigenvalue weighted by molar-refractivity contribution is 0.0927. The maximum absolute atomic E-state index is 12.8. The number of nitrogens with one attached hydrogen (secondary N) is 1. The predicted octanol–water partition coefficient (Wildman–Crippen LogP) is 3.53. The van der Waals surface area contributed by atoms with Gasteiger partial charge in [-0.1, -0.05) is 35.5 Å². The highest BCUT2D eigenvalue weighted by molar-refractivity contribution is 7.98. The fourth-order valence-electron chi connectivity index (χ4n) is 2.84. The molecule has 0 fully saturated rings. The first-order valence-corrected chi connectivity index (χ1v) is 9.23. The summed E-state index contributed by atoms with van der Waals surface area (Å²) in [4.78, 5) is 17.9. The minimum absolute atomic E-state index is 0.123. The molecule has 2 aromatic carbocycles. The molecule has 1 unspecified atom stereocenters. The standard InChI is InChI=1S/C19H17N3O3S/c1-12-20-18(22-25-12)11-26-17-9-5-3-7-14(17)19(23)21-15-10-24-16-8-4-2-6-13(15)16/h2-9,15H,10-11H2,1H3,(H,21,23). The molecule has 26 heavy (non-hydrogen) atoms. The molecular formula is C19H17N3O3S. The summed E-state index contributed by atoms with van der Waals surface area (Å²) >= 11 is 1.51. The van der Waals surface area contributed by atoms with Gasteiger partial charge < -0.3 is 14.6 Å². The van der Waals surface area contributed by atoms with Gasteiger partial charge in [0.25, 0.3) is 5.91 Å². The molecule has 0 aliphatic carbocycles. The van der Waals surface area contributed by atoms with E-state index in [9.17, 15) is 4.79 Å². The maximum atomic E-state index is 12.8. The fraction of sp³-hybridized carbons (Fsp3) is 0.211. The average molecular weight is 367 g/mol. The monoisotopic (exact) mass is 367 g/mol. The molecule has 0 saturated carbocycles. The second-order valence-electron chi connectivity index (χ2n) is 5.89. The van der Waals surface area contributed by atoms with Crippen molar-refractivity contribution in [1.82, 2.24) is 15.5 Å². The Hall–Kier alpha value is -2.80. The van der Waals surface area contributed by atoms with Crippen LogP contribution in [0.15, 0.2) is 57.9 Å². The minimum Gasteiger partial charge on any atom is -0.491 e. The Bertz CT molecular complexity index is 941. The van der Waals surface area contributed by atoms with Crippen molar-refractivity contribution in [2.45, 2.75) is 23.6 Å². The van der Waals surface area contributed by atoms with Crippen molar-refractivity contribution >= 4 is 17.7 Å². The Morgan fingerprint density at radius 2 is 2.04 bits per heavy atom. The van der Waals surface area contributed by atoms with Crippen molar-refractivity contribution in [3.8, 4) is 5.75 Å². The van der Waals surface area contributed by atoms with E-state index in [4.69, 9.17) is 9.26 Å². The van der Waals surface area contributed by atoms with E-state index in [1.807, 2.05) is 48.5 Å². The Morgan fingerprint density at radius 3 is 2.88 bits per heavy atom. The van der Waals surface area contributed by atoms with Gasteiger partial charge in [-0.25, -0.2) is 0 Å². The number of ether oxygens (including phenoxy) is 1. The van der Waals surface area contributed by atoms with Gasteiger partial charge in [0, 0.05) is 17.4 Å². The van der Waals surface area contributed by atoms with Crippen molar-refractivity contribution in [2.75, 3.05) is 6.61 Å². The van der Waals surface area contributed by atoms with Crippen LogP contribution in [0.4, 0.5) is 0 Å². The zero-order chi connectivity index (χ0) is 17.9. The average Bonchev–Trinajstić information content (AvgIpc) is 3.27. The van der Waals surface area contributed by atoms with Gasteiger partial charge in [0.2, 0.25) is 5.89 Å². The molecule has 7 heteroatoms. The highest BCUT2D eigenvalue weighted by Crippen LogP contribution is 2.32. The van der Waals surface area contributed by atoms with E-state index in [1.165, 1.54) is 11.8 Å². The molecule has 3 aromatic rings. The van der Waals surface area contributed by atoms with Gasteiger partial charge >= 0.3 is 0 Å². The third-order valence-electron chi connectivity index (χ3n) is 4.06. The van der Waals surface area contributed by atoms with E-state index >= 15 is 0 Å². The van der Waals surface area contributed by atoms with Crippen molar-refractivity contribution in [3.05, 3.63) is 71.4 Å². The van der Waals surface area contributed by atoms with Crippen LogP contribution in [-0.4, -0.2) is 22.7 Å². The molecule has 1 aliphatic heterocycles. The summed E-state index contributed by atoms with van der Waals surface area (Å²) in [5.41, 5.74) is 1.63. The zero-order valence-electron chi connectivity index (χ0n) is 14.1. The van der Waals surface area contributed by atoms with Crippen LogP contribution in [0.3, 0.4) is 0 Å². The maximum Gasteiger partial charge on any atom is 0.253 e. The molecule has 1 amide bonds. The summed E-state index contributed by atoms with van der Waals surface area (Å²) in [5, 5.41) is 6.96. The third-order valence-corrected chi connectivity index (χ3v) is 5.13. The van der Waals surface area contributed by atoms with Crippen LogP contribution in [0.5, 0.6) is 5.75 Å². The molecule has 4 rings (SSSR count). The van der Waals surface area contributed by atoms with E-state index in [-0.39, 0.29) is 11.9 Å². The number of aryl methyl sites for hydroxylation is 1. The number of hydrogen-bond acceptors (Lipinski definition) is 6. The Labute approximate surface area is 154 Å². The molecule has 2 heterocycles. The Balaban J connectivity index is 1.48. The van der Waals surface area contributed by atoms with E-state index < -0.39 is 0 Å². The van der Waals surface area contributed by atoms with Gasteiger partial charge in [0.15, 0.2) is 5.82 Å². The van der Waals surface area contributed by atoms with Crippen LogP contribution in [0, 0.1) is 6.92 Å². The van der Waals surface area contributed by atoms with Gasteiger partial charge in [-0.15, -0.1) is 11.8 Å². The van der Waals surface area contributed by atoms with Gasteiger partial charge in [-0.3, -0.25) is 4.79 Å². The number of benzene rings is 2. The van der Waals surface area contributed by atoms with Crippen LogP contribution >= 0.6 is 11.8 Å². The first-order valence-electron chi connectivity index (χ1n) is 8.24. The third kappa shape index (κ3) is 3.43. The quantitative estimate of drug-likeness (QED) is 0.695. The van der Waals surface area contributed by atoms with Crippen molar-refractivity contribution in [3.63, 3.8) is 0 Å². The normalized spacial score (nSPS) is 15.3. The van der Waals surface area contributed by atoms with E-state index in [2.05, 4.69) is 15.5 Å². The molecule has 6 nitrogen and oxygen atoms in total. The van der Waals surface area contributed by atoms with Crippen LogP contribution in [0.1, 0.15) is 33.7 Å². The number of nitrogens with zero attached hydrogens (tertiary/aromatic N) is 2. The minimum atomic E-state index is -0.142. The number of para-hydroxylation sites is 1. The lowest BCUT2D eigenvalue weighted by Crippen LogP contribution is -2.29. The van der Waals surface area contributed by atoms with Gasteiger partial charge in [-0.2, -0.15) is 4.98 Å². The largest absolute Gasteiger partial charge is 0.491 e. The summed E-state index contributed by atoms with van der Waals surface area (Å²) < 4.78 is 10.6. The van der Waals surface area contributed by atoms with E-state index in [0.717, 1.165) is 16.2 Å². The second kappa shape index (κ2) is 7.21. The number of carbonyl (C=O) groups excluding carboxylic acids is 1. The lowest BCUT2D eigenvalue weighted by Gasteiger charge is -2.14. The van der Waals surface area contributed by atoms with E-state index in [1.54, 1.807) is 6.92 Å². The van der Waals surface area contributed by atoms with Crippen LogP contribution < -0.4 is 10.1 Å². The van der Waals surface area contributed by atoms with Crippen LogP contribution in [0.25, 0.3) is 0 Å². The summed E-state index contributed by atoms with van der Waals surface area (Å²) in [6.07, 6.45) is 0. The lowest BCUT2D eigenvalue weighted by atomic mass is 10.1. The number of carbonyl (C=O) groups is 1. The van der Waals surface area contributed by atoms with Crippen molar-refractivity contribution in [1.29, 1.82) is 0 Å². The molecule has 0 radical (unpaired) electrons. The topological polar surface area (TPSA) is 77.2 Å². The Morgan fingerprint density at radius 1 is 1.23 bits per heavy atom. The number of fused-ring (bicyclic) bond motifs is 1. The van der Waals surface area contributed by atoms with Gasteiger partial charge in [-0.05, 0) is 18.2 Å². The molecule has 132 valence electrons. The molecule has 1 N–H and O–H groups in total. The number of rotatable bonds is 5. The number of thioether (sulfide) groups is 1. The molecule has 0 saturated heterocycles. The first-order chi connectivity index (χ1) is 12.7. The molecule has 1 aliphatic rings. The van der Waals surface area contributed by atoms with E-state index in [0.29, 0.717) is 29.6 Å². The van der Waals surface area contributed by atoms with Crippen molar-refractivity contribution in [2.24, 2.45) is 0 Å². The van der Waals surface area contributed by atoms with Gasteiger partial charge in [0.1, 0.15) is 12.4 Å². The zero-order valence-corrected chi connectivity index (χ0v) is 15.0. The van der Waals surface area contributed by atoms with Crippen LogP contribution in [0.2, 0.25) is 0 Å². The predicted molar refractivity (Wildman–Crippen MR) is 97.2 cm³/mol. The number of amides is 1. The number of aromatic nitrogens is 2. The summed E-state index contributed by atoms with van der Waals surface area (Å²) in [6, 6.07) is 15.1. The highest BCUT2D eigenvalue weighted by Gasteiger charge is 2.26. The molecule has 1 atom stereocenters. The van der Waals surface area contributed by atoms with Crippen molar-refractivity contribution < 1.29 is 14.1 Å². The van der Waals surface area contributed by atoms with Crippen LogP contribution in [-0.2, 0) is 5.75 Å². The first kappa shape index (κ1) is 16.7. The molecular weight excluding hydrogens is 350 g/mol. The summed E-state index contributed by atoms with van der Waals surface area (Å²) in [6.45, 7) is 2.20. The SMILES string of the molecule is Cc1nc(CSc2ccccc2C(=O)NC2COc3ccccc32)no1. The molecule has 0 bridgehead atoms. The molecule has 0 spiro atoms. The smallest absolute Gasteiger partial charge is 0.253 e. The number of hydrogen-bond donors (Lipinski definition) is 1. The fourth-order valence-corrected chi connectivity index (χ4v) is 3.73. The Kier molecular flexibility index (Phi) is 4.62. The van der Waals surface area contributed by atoms with Gasteiger partial charge in [0.05, 0.1) is 17.4 Å². The second-order valence-corrected chi connectivity index (χ2v) is 6.91. The summed E-state index contributed by atoms with van der Waals surface area (Å²) in [5.74, 6) is 2.39. The molecule has 1 aromatic heterocycles. The summed E-state index contributed by atoms with van der Waals surface area (Å²) in [7, 11) is 0. The highest BCUT2D eigenvalue weighted by atomic mass is 32.2.